The third-order valence-electron chi connectivity index (χ3n) is 2.61. The summed E-state index contributed by atoms with van der Waals surface area (Å²) >= 11 is 12.0. The number of hydrogen-bond acceptors (Lipinski definition) is 1. The van der Waals surface area contributed by atoms with E-state index in [4.69, 9.17) is 22.5 Å². The Balaban J connectivity index is 3.48. The van der Waals surface area contributed by atoms with Gasteiger partial charge >= 0.3 is 6.19 Å². The second-order valence-corrected chi connectivity index (χ2v) is 9.45. The van der Waals surface area contributed by atoms with E-state index in [-0.39, 0.29) is 0 Å². The molecule has 0 aromatic heterocycles. The van der Waals surface area contributed by atoms with E-state index in [2.05, 4.69) is 27.7 Å². The summed E-state index contributed by atoms with van der Waals surface area (Å²) in [4.78, 5) is 9.99. The average Bonchev–Trinajstić information content (AvgIpc) is 2.15. The third-order valence-corrected chi connectivity index (χ3v) is 4.68. The van der Waals surface area contributed by atoms with Crippen LogP contribution in [0.25, 0.3) is 0 Å². The number of rotatable bonds is 3. The number of halogens is 2. The van der Waals surface area contributed by atoms with Crippen molar-refractivity contribution < 1.29 is 4.89 Å². The van der Waals surface area contributed by atoms with Gasteiger partial charge in [0.15, 0.2) is 5.30 Å². The molecule has 0 heterocycles. The van der Waals surface area contributed by atoms with Crippen LogP contribution in [0.2, 0.25) is 0 Å². The smallest absolute Gasteiger partial charge is 0.210 e. The standard InChI is InChI=1S/C12H18Cl2OP/c1-8(2)10-6-5-7-11(9(3)4)12(10)16(13,14)15/h5-9,15H,1-4H3/q+1. The predicted molar refractivity (Wildman–Crippen MR) is 75.1 cm³/mol. The zero-order valence-electron chi connectivity index (χ0n) is 10.0. The highest BCUT2D eigenvalue weighted by atomic mass is 35.9. The summed E-state index contributed by atoms with van der Waals surface area (Å²) in [5, 5.41) is 0.753. The molecule has 0 amide bonds. The fraction of sp³-hybridized carbons (Fsp3) is 0.500. The summed E-state index contributed by atoms with van der Waals surface area (Å²) < 4.78 is 0. The Hall–Kier alpha value is 0.190. The Kier molecular flexibility index (Phi) is 4.66. The molecule has 0 unspecified atom stereocenters. The lowest BCUT2D eigenvalue weighted by Crippen LogP contribution is -2.17. The van der Waals surface area contributed by atoms with E-state index in [1.54, 1.807) is 0 Å². The molecule has 0 atom stereocenters. The zero-order chi connectivity index (χ0) is 12.5. The lowest BCUT2D eigenvalue weighted by Gasteiger charge is -2.17. The van der Waals surface area contributed by atoms with Crippen molar-refractivity contribution in [3.8, 4) is 0 Å². The molecule has 1 N–H and O–H groups in total. The first kappa shape index (κ1) is 14.3. The minimum absolute atomic E-state index is 0.303. The van der Waals surface area contributed by atoms with E-state index < -0.39 is 6.19 Å². The fourth-order valence-electron chi connectivity index (χ4n) is 1.82. The summed E-state index contributed by atoms with van der Waals surface area (Å²) in [6.45, 7) is 8.30. The van der Waals surface area contributed by atoms with Gasteiger partial charge in [0, 0.05) is 11.1 Å². The first-order chi connectivity index (χ1) is 7.25. The Morgan fingerprint density at radius 1 is 1.00 bits per heavy atom. The number of benzene rings is 1. The highest BCUT2D eigenvalue weighted by Crippen LogP contribution is 2.65. The van der Waals surface area contributed by atoms with Gasteiger partial charge in [-0.3, -0.25) is 0 Å². The Morgan fingerprint density at radius 2 is 1.38 bits per heavy atom. The fourth-order valence-corrected chi connectivity index (χ4v) is 4.28. The molecule has 0 radical (unpaired) electrons. The SMILES string of the molecule is CC(C)c1cccc(C(C)C)c1[P+](O)(Cl)Cl. The minimum atomic E-state index is -3.01. The molecular weight excluding hydrogens is 262 g/mol. The van der Waals surface area contributed by atoms with E-state index in [1.165, 1.54) is 0 Å². The molecule has 90 valence electrons. The highest BCUT2D eigenvalue weighted by molar-refractivity contribution is 8.18. The molecular formula is C12H18Cl2OP+. The summed E-state index contributed by atoms with van der Waals surface area (Å²) in [7, 11) is 0. The van der Waals surface area contributed by atoms with Crippen molar-refractivity contribution >= 4 is 34.0 Å². The van der Waals surface area contributed by atoms with Gasteiger partial charge in [-0.05, 0) is 11.8 Å². The molecule has 0 spiro atoms. The van der Waals surface area contributed by atoms with Crippen molar-refractivity contribution in [2.24, 2.45) is 0 Å². The maximum atomic E-state index is 9.99. The predicted octanol–water partition coefficient (Wildman–Crippen LogP) is 4.79. The van der Waals surface area contributed by atoms with Gasteiger partial charge in [0.1, 0.15) is 22.5 Å². The molecule has 0 aliphatic rings. The van der Waals surface area contributed by atoms with Crippen LogP contribution < -0.4 is 5.30 Å². The molecule has 0 fully saturated rings. The van der Waals surface area contributed by atoms with Gasteiger partial charge in [-0.2, -0.15) is 0 Å². The van der Waals surface area contributed by atoms with E-state index >= 15 is 0 Å². The van der Waals surface area contributed by atoms with Crippen LogP contribution in [-0.2, 0) is 0 Å². The van der Waals surface area contributed by atoms with Crippen LogP contribution in [0.4, 0.5) is 0 Å². The maximum absolute atomic E-state index is 9.99. The van der Waals surface area contributed by atoms with Crippen LogP contribution >= 0.6 is 28.7 Å². The van der Waals surface area contributed by atoms with Crippen LogP contribution in [0.1, 0.15) is 50.7 Å². The molecule has 1 aromatic carbocycles. The van der Waals surface area contributed by atoms with Gasteiger partial charge in [-0.25, -0.2) is 4.89 Å². The molecule has 1 rings (SSSR count). The zero-order valence-corrected chi connectivity index (χ0v) is 12.4. The molecule has 0 bridgehead atoms. The Labute approximate surface area is 108 Å². The lowest BCUT2D eigenvalue weighted by molar-refractivity contribution is 0.642. The second kappa shape index (κ2) is 5.23. The molecule has 0 saturated heterocycles. The van der Waals surface area contributed by atoms with Crippen LogP contribution in [0, 0.1) is 0 Å². The second-order valence-electron chi connectivity index (χ2n) is 4.58. The van der Waals surface area contributed by atoms with Gasteiger partial charge < -0.3 is 0 Å². The molecule has 16 heavy (non-hydrogen) atoms. The van der Waals surface area contributed by atoms with E-state index in [9.17, 15) is 4.89 Å². The summed E-state index contributed by atoms with van der Waals surface area (Å²) in [5.41, 5.74) is 2.10. The van der Waals surface area contributed by atoms with E-state index in [0.29, 0.717) is 11.8 Å². The molecule has 4 heteroatoms. The maximum Gasteiger partial charge on any atom is 0.369 e. The van der Waals surface area contributed by atoms with Crippen LogP contribution in [-0.4, -0.2) is 4.89 Å². The topological polar surface area (TPSA) is 20.2 Å². The molecule has 0 saturated carbocycles. The monoisotopic (exact) mass is 279 g/mol. The Morgan fingerprint density at radius 3 is 1.62 bits per heavy atom. The Bertz CT molecular complexity index is 344. The van der Waals surface area contributed by atoms with Crippen LogP contribution in [0.15, 0.2) is 18.2 Å². The van der Waals surface area contributed by atoms with Crippen LogP contribution in [0.5, 0.6) is 0 Å². The normalized spacial score (nSPS) is 12.6. The first-order valence-electron chi connectivity index (χ1n) is 5.39. The van der Waals surface area contributed by atoms with Crippen molar-refractivity contribution in [3.05, 3.63) is 29.3 Å². The van der Waals surface area contributed by atoms with Gasteiger partial charge in [0.05, 0.1) is 0 Å². The molecule has 0 aliphatic carbocycles. The number of hydrogen-bond donors (Lipinski definition) is 1. The van der Waals surface area contributed by atoms with Crippen molar-refractivity contribution in [1.29, 1.82) is 0 Å². The first-order valence-corrected chi connectivity index (χ1v) is 8.94. The highest BCUT2D eigenvalue weighted by Gasteiger charge is 2.41. The summed E-state index contributed by atoms with van der Waals surface area (Å²) in [5.74, 6) is 0.607. The van der Waals surface area contributed by atoms with Crippen molar-refractivity contribution in [3.63, 3.8) is 0 Å². The van der Waals surface area contributed by atoms with Crippen molar-refractivity contribution in [2.45, 2.75) is 39.5 Å². The summed E-state index contributed by atoms with van der Waals surface area (Å²) in [6, 6.07) is 5.97. The largest absolute Gasteiger partial charge is 0.369 e. The summed E-state index contributed by atoms with van der Waals surface area (Å²) in [6.07, 6.45) is -3.01. The van der Waals surface area contributed by atoms with E-state index in [1.807, 2.05) is 18.2 Å². The lowest BCUT2D eigenvalue weighted by atomic mass is 9.95. The van der Waals surface area contributed by atoms with Gasteiger partial charge in [0.25, 0.3) is 0 Å². The van der Waals surface area contributed by atoms with Gasteiger partial charge in [-0.1, -0.05) is 45.9 Å². The van der Waals surface area contributed by atoms with E-state index in [0.717, 1.165) is 16.4 Å². The van der Waals surface area contributed by atoms with Crippen molar-refractivity contribution in [1.82, 2.24) is 0 Å². The third kappa shape index (κ3) is 3.11. The molecule has 1 nitrogen and oxygen atoms in total. The molecule has 0 aliphatic heterocycles. The molecule has 1 aromatic rings. The van der Waals surface area contributed by atoms with Gasteiger partial charge in [-0.15, -0.1) is 0 Å². The quantitative estimate of drug-likeness (QED) is 0.789. The average molecular weight is 280 g/mol. The minimum Gasteiger partial charge on any atom is -0.210 e. The van der Waals surface area contributed by atoms with Crippen LogP contribution in [0.3, 0.4) is 0 Å². The van der Waals surface area contributed by atoms with Crippen molar-refractivity contribution in [2.75, 3.05) is 0 Å². The van der Waals surface area contributed by atoms with Gasteiger partial charge in [0.2, 0.25) is 0 Å².